The van der Waals surface area contributed by atoms with Crippen molar-refractivity contribution in [1.29, 1.82) is 0 Å². The highest BCUT2D eigenvalue weighted by atomic mass is 35.5. The number of fused-ring (bicyclic) bond motifs is 3. The van der Waals surface area contributed by atoms with Gasteiger partial charge in [-0.3, -0.25) is 4.79 Å². The van der Waals surface area contributed by atoms with Gasteiger partial charge < -0.3 is 0 Å². The second kappa shape index (κ2) is 7.33. The quantitative estimate of drug-likeness (QED) is 0.488. The van der Waals surface area contributed by atoms with Crippen molar-refractivity contribution < 1.29 is 4.79 Å². The number of benzene rings is 3. The first-order valence-electron chi connectivity index (χ1n) is 9.64. The molecular formula is C24H18Cl2N2O. The summed E-state index contributed by atoms with van der Waals surface area (Å²) in [5, 5.41) is 7.73. The van der Waals surface area contributed by atoms with Gasteiger partial charge in [-0.15, -0.1) is 0 Å². The van der Waals surface area contributed by atoms with Crippen LogP contribution in [0.3, 0.4) is 0 Å². The van der Waals surface area contributed by atoms with E-state index in [1.54, 1.807) is 29.3 Å². The van der Waals surface area contributed by atoms with E-state index in [1.807, 2.05) is 30.3 Å². The van der Waals surface area contributed by atoms with Crippen LogP contribution in [0.15, 0.2) is 77.9 Å². The smallest absolute Gasteiger partial charge is 0.267 e. The molecule has 0 fully saturated rings. The van der Waals surface area contributed by atoms with Crippen molar-refractivity contribution >= 4 is 34.8 Å². The van der Waals surface area contributed by atoms with Crippen molar-refractivity contribution in [2.24, 2.45) is 11.0 Å². The predicted octanol–water partition coefficient (Wildman–Crippen LogP) is 6.16. The summed E-state index contributed by atoms with van der Waals surface area (Å²) in [7, 11) is 0. The van der Waals surface area contributed by atoms with Gasteiger partial charge in [0.2, 0.25) is 0 Å². The summed E-state index contributed by atoms with van der Waals surface area (Å²) in [5.74, 6) is -0.0352. The number of carbonyl (C=O) groups is 1. The van der Waals surface area contributed by atoms with Crippen LogP contribution >= 0.6 is 23.2 Å². The Balaban J connectivity index is 1.64. The third-order valence-corrected chi connectivity index (χ3v) is 6.35. The molecule has 2 atom stereocenters. The Bertz CT molecular complexity index is 1120. The molecule has 0 saturated carbocycles. The molecule has 0 bridgehead atoms. The first-order chi connectivity index (χ1) is 14.1. The van der Waals surface area contributed by atoms with Crippen LogP contribution in [-0.4, -0.2) is 16.6 Å². The lowest BCUT2D eigenvalue weighted by Gasteiger charge is -2.30. The van der Waals surface area contributed by atoms with E-state index in [0.29, 0.717) is 15.6 Å². The lowest BCUT2D eigenvalue weighted by atomic mass is 9.77. The molecule has 3 nitrogen and oxygen atoms in total. The summed E-state index contributed by atoms with van der Waals surface area (Å²) in [6, 6.07) is 22.8. The Morgan fingerprint density at radius 1 is 0.931 bits per heavy atom. The van der Waals surface area contributed by atoms with E-state index in [2.05, 4.69) is 18.2 Å². The number of nitrogens with zero attached hydrogens (tertiary/aromatic N) is 2. The fourth-order valence-electron chi connectivity index (χ4n) is 4.38. The predicted molar refractivity (Wildman–Crippen MR) is 117 cm³/mol. The van der Waals surface area contributed by atoms with Gasteiger partial charge in [0, 0.05) is 27.1 Å². The van der Waals surface area contributed by atoms with E-state index in [0.717, 1.165) is 29.7 Å². The van der Waals surface area contributed by atoms with Crippen LogP contribution in [0.2, 0.25) is 10.0 Å². The molecule has 5 rings (SSSR count). The van der Waals surface area contributed by atoms with Crippen LogP contribution < -0.4 is 0 Å². The second-order valence-electron chi connectivity index (χ2n) is 7.41. The number of hydrazone groups is 1. The average molecular weight is 421 g/mol. The maximum absolute atomic E-state index is 13.4. The van der Waals surface area contributed by atoms with Crippen molar-refractivity contribution in [3.05, 3.63) is 105 Å². The maximum Gasteiger partial charge on any atom is 0.274 e. The van der Waals surface area contributed by atoms with Crippen molar-refractivity contribution in [3.8, 4) is 0 Å². The first-order valence-corrected chi connectivity index (χ1v) is 10.4. The molecule has 3 aromatic rings. The van der Waals surface area contributed by atoms with Crippen LogP contribution in [0, 0.1) is 5.92 Å². The summed E-state index contributed by atoms with van der Waals surface area (Å²) < 4.78 is 0. The highest BCUT2D eigenvalue weighted by Crippen LogP contribution is 2.45. The van der Waals surface area contributed by atoms with Gasteiger partial charge in [0.15, 0.2) is 0 Å². The summed E-state index contributed by atoms with van der Waals surface area (Å²) >= 11 is 12.6. The molecule has 1 heterocycles. The molecule has 29 heavy (non-hydrogen) atoms. The van der Waals surface area contributed by atoms with E-state index in [9.17, 15) is 4.79 Å². The Kier molecular flexibility index (Phi) is 4.65. The number of aryl methyl sites for hydroxylation is 1. The molecule has 5 heteroatoms. The number of carbonyl (C=O) groups excluding carboxylic acids is 1. The van der Waals surface area contributed by atoms with Gasteiger partial charge in [-0.1, -0.05) is 65.7 Å². The highest BCUT2D eigenvalue weighted by molar-refractivity contribution is 6.31. The first kappa shape index (κ1) is 18.4. The third-order valence-electron chi connectivity index (χ3n) is 5.75. The maximum atomic E-state index is 13.4. The molecule has 0 N–H and O–H groups in total. The Morgan fingerprint density at radius 2 is 1.66 bits per heavy atom. The van der Waals surface area contributed by atoms with E-state index < -0.39 is 0 Å². The Morgan fingerprint density at radius 3 is 2.45 bits per heavy atom. The molecule has 0 radical (unpaired) electrons. The number of halogens is 2. The summed E-state index contributed by atoms with van der Waals surface area (Å²) in [6.07, 6.45) is 1.89. The Hall–Kier alpha value is -2.62. The van der Waals surface area contributed by atoms with Gasteiger partial charge in [-0.05, 0) is 54.3 Å². The highest BCUT2D eigenvalue weighted by Gasteiger charge is 2.44. The number of rotatable bonds is 2. The lowest BCUT2D eigenvalue weighted by molar-refractivity contribution is 0.0682. The standard InChI is InChI=1S/C24H18Cl2N2O/c25-17-12-9-16(10-13-17)24(29)28-23(19-7-3-4-8-21(19)26)20-14-11-15-5-1-2-6-18(15)22(20)27-28/h1-10,12-13,20,23H,11,14H2/t20-,23+/m1/s1. The molecule has 1 aliphatic heterocycles. The summed E-state index contributed by atoms with van der Waals surface area (Å²) in [6.45, 7) is 0. The van der Waals surface area contributed by atoms with Gasteiger partial charge >= 0.3 is 0 Å². The van der Waals surface area contributed by atoms with Crippen LogP contribution in [-0.2, 0) is 6.42 Å². The molecule has 0 spiro atoms. The average Bonchev–Trinajstić information content (AvgIpc) is 3.14. The van der Waals surface area contributed by atoms with Crippen LogP contribution in [0.25, 0.3) is 0 Å². The van der Waals surface area contributed by atoms with Gasteiger partial charge in [0.25, 0.3) is 5.91 Å². The van der Waals surface area contributed by atoms with Crippen molar-refractivity contribution in [2.75, 3.05) is 0 Å². The second-order valence-corrected chi connectivity index (χ2v) is 8.25. The summed E-state index contributed by atoms with van der Waals surface area (Å²) in [4.78, 5) is 13.4. The molecule has 0 unspecified atom stereocenters. The zero-order chi connectivity index (χ0) is 20.0. The van der Waals surface area contributed by atoms with Gasteiger partial charge in [0.05, 0.1) is 11.8 Å². The minimum atomic E-state index is -0.227. The molecule has 144 valence electrons. The zero-order valence-electron chi connectivity index (χ0n) is 15.6. The van der Waals surface area contributed by atoms with E-state index in [-0.39, 0.29) is 17.9 Å². The van der Waals surface area contributed by atoms with E-state index in [4.69, 9.17) is 28.3 Å². The van der Waals surface area contributed by atoms with Crippen molar-refractivity contribution in [3.63, 3.8) is 0 Å². The fraction of sp³-hybridized carbons (Fsp3) is 0.167. The third kappa shape index (κ3) is 3.15. The van der Waals surface area contributed by atoms with Gasteiger partial charge in [0.1, 0.15) is 0 Å². The van der Waals surface area contributed by atoms with Crippen LogP contribution in [0.4, 0.5) is 0 Å². The van der Waals surface area contributed by atoms with E-state index in [1.165, 1.54) is 5.56 Å². The number of amides is 1. The zero-order valence-corrected chi connectivity index (χ0v) is 17.1. The van der Waals surface area contributed by atoms with Gasteiger partial charge in [-0.25, -0.2) is 5.01 Å². The topological polar surface area (TPSA) is 32.7 Å². The molecule has 2 aliphatic rings. The molecular weight excluding hydrogens is 403 g/mol. The fourth-order valence-corrected chi connectivity index (χ4v) is 4.75. The van der Waals surface area contributed by atoms with E-state index >= 15 is 0 Å². The normalized spacial score (nSPS) is 20.1. The molecule has 3 aromatic carbocycles. The SMILES string of the molecule is O=C(c1ccc(Cl)cc1)N1N=C2c3ccccc3CC[C@H]2[C@@H]1c1ccccc1Cl. The van der Waals surface area contributed by atoms with Crippen LogP contribution in [0.1, 0.15) is 39.5 Å². The lowest BCUT2D eigenvalue weighted by Crippen LogP contribution is -2.32. The molecule has 0 saturated heterocycles. The summed E-state index contributed by atoms with van der Waals surface area (Å²) in [5.41, 5.74) is 4.87. The van der Waals surface area contributed by atoms with Crippen LogP contribution in [0.5, 0.6) is 0 Å². The van der Waals surface area contributed by atoms with Crippen molar-refractivity contribution in [2.45, 2.75) is 18.9 Å². The number of hydrogen-bond acceptors (Lipinski definition) is 2. The molecule has 0 aromatic heterocycles. The minimum Gasteiger partial charge on any atom is -0.267 e. The molecule has 1 amide bonds. The number of hydrogen-bond donors (Lipinski definition) is 0. The minimum absolute atomic E-state index is 0.112. The Labute approximate surface area is 179 Å². The monoisotopic (exact) mass is 420 g/mol. The van der Waals surface area contributed by atoms with Gasteiger partial charge in [-0.2, -0.15) is 5.10 Å². The molecule has 1 aliphatic carbocycles. The van der Waals surface area contributed by atoms with Crippen molar-refractivity contribution in [1.82, 2.24) is 5.01 Å². The largest absolute Gasteiger partial charge is 0.274 e.